The van der Waals surface area contributed by atoms with Gasteiger partial charge in [-0.3, -0.25) is 4.79 Å². The van der Waals surface area contributed by atoms with Crippen LogP contribution in [0.1, 0.15) is 30.6 Å². The molecule has 1 rings (SSSR count). The summed E-state index contributed by atoms with van der Waals surface area (Å²) in [5, 5.41) is 10.3. The zero-order valence-electron chi connectivity index (χ0n) is 10.8. The number of methoxy groups -OCH3 is 1. The highest BCUT2D eigenvalue weighted by Crippen LogP contribution is 2.25. The highest BCUT2D eigenvalue weighted by atomic mass is 16.5. The first-order valence-corrected chi connectivity index (χ1v) is 5.81. The van der Waals surface area contributed by atoms with Crippen molar-refractivity contribution in [2.75, 3.05) is 7.11 Å². The summed E-state index contributed by atoms with van der Waals surface area (Å²) in [6.07, 6.45) is -0.276. The second-order valence-electron chi connectivity index (χ2n) is 4.54. The fourth-order valence-corrected chi connectivity index (χ4v) is 1.66. The molecule has 1 aromatic rings. The molecule has 98 valence electrons. The largest absolute Gasteiger partial charge is 0.467 e. The predicted octanol–water partition coefficient (Wildman–Crippen LogP) is 1.82. The summed E-state index contributed by atoms with van der Waals surface area (Å²) < 4.78 is 4.57. The van der Waals surface area contributed by atoms with Gasteiger partial charge in [0.25, 0.3) is 0 Å². The molecule has 4 nitrogen and oxygen atoms in total. The Balaban J connectivity index is 2.92. The fourth-order valence-electron chi connectivity index (χ4n) is 1.66. The maximum absolute atomic E-state index is 12.0. The average molecular weight is 250 g/mol. The predicted molar refractivity (Wildman–Crippen MR) is 67.2 cm³/mol. The van der Waals surface area contributed by atoms with Crippen molar-refractivity contribution >= 4 is 11.8 Å². The monoisotopic (exact) mass is 250 g/mol. The lowest BCUT2D eigenvalue weighted by Gasteiger charge is -2.28. The van der Waals surface area contributed by atoms with Gasteiger partial charge < -0.3 is 9.84 Å². The first kappa shape index (κ1) is 14.4. The van der Waals surface area contributed by atoms with Gasteiger partial charge in [-0.15, -0.1) is 0 Å². The number of aliphatic hydroxyl groups is 1. The Hall–Kier alpha value is -1.68. The van der Waals surface area contributed by atoms with Crippen molar-refractivity contribution in [1.29, 1.82) is 0 Å². The van der Waals surface area contributed by atoms with Crippen molar-refractivity contribution in [3.05, 3.63) is 35.9 Å². The minimum absolute atomic E-state index is 0.276. The van der Waals surface area contributed by atoms with E-state index >= 15 is 0 Å². The highest BCUT2D eigenvalue weighted by Gasteiger charge is 2.42. The number of ether oxygens (including phenoxy) is 1. The van der Waals surface area contributed by atoms with E-state index < -0.39 is 17.5 Å². The summed E-state index contributed by atoms with van der Waals surface area (Å²) in [6, 6.07) is 8.58. The van der Waals surface area contributed by atoms with E-state index in [1.807, 2.05) is 0 Å². The smallest absolute Gasteiger partial charge is 0.338 e. The van der Waals surface area contributed by atoms with Crippen LogP contribution in [-0.4, -0.2) is 29.6 Å². The summed E-state index contributed by atoms with van der Waals surface area (Å²) in [6.45, 7) is 3.35. The number of ketones is 1. The third kappa shape index (κ3) is 2.96. The van der Waals surface area contributed by atoms with Crippen LogP contribution in [0, 0.1) is 5.92 Å². The molecule has 0 heterocycles. The van der Waals surface area contributed by atoms with Crippen molar-refractivity contribution in [3.63, 3.8) is 0 Å². The van der Waals surface area contributed by atoms with Crippen LogP contribution in [0.25, 0.3) is 0 Å². The summed E-state index contributed by atoms with van der Waals surface area (Å²) in [7, 11) is 1.20. The number of benzene rings is 1. The molecule has 0 fully saturated rings. The van der Waals surface area contributed by atoms with Crippen molar-refractivity contribution in [2.45, 2.75) is 25.9 Å². The summed E-state index contributed by atoms with van der Waals surface area (Å²) in [5.74, 6) is -1.46. The number of esters is 1. The number of hydrogen-bond acceptors (Lipinski definition) is 4. The van der Waals surface area contributed by atoms with E-state index in [4.69, 9.17) is 0 Å². The second-order valence-corrected chi connectivity index (χ2v) is 4.54. The van der Waals surface area contributed by atoms with Crippen LogP contribution in [0.15, 0.2) is 30.3 Å². The van der Waals surface area contributed by atoms with Crippen LogP contribution >= 0.6 is 0 Å². The third-order valence-electron chi connectivity index (χ3n) is 3.02. The lowest BCUT2D eigenvalue weighted by atomic mass is 9.84. The molecule has 0 aromatic heterocycles. The standard InChI is InChI=1S/C14H18O4/c1-10(2)14(17,13(16)18-3)9-12(15)11-7-5-4-6-8-11/h4-8,10,17H,9H2,1-3H3/t14-/m1/s1. The SMILES string of the molecule is COC(=O)[C@@](O)(CC(=O)c1ccccc1)C(C)C. The first-order valence-electron chi connectivity index (χ1n) is 5.81. The summed E-state index contributed by atoms with van der Waals surface area (Å²) in [5.41, 5.74) is -1.30. The van der Waals surface area contributed by atoms with Crippen LogP contribution in [0.4, 0.5) is 0 Å². The molecule has 0 bridgehead atoms. The molecule has 1 atom stereocenters. The number of Topliss-reactive ketones (excluding diaryl/α,β-unsaturated/α-hetero) is 1. The minimum Gasteiger partial charge on any atom is -0.467 e. The van der Waals surface area contributed by atoms with Crippen LogP contribution < -0.4 is 0 Å². The first-order chi connectivity index (χ1) is 8.41. The van der Waals surface area contributed by atoms with Gasteiger partial charge in [-0.2, -0.15) is 0 Å². The minimum atomic E-state index is -1.78. The third-order valence-corrected chi connectivity index (χ3v) is 3.02. The Morgan fingerprint density at radius 1 is 1.28 bits per heavy atom. The number of carbonyl (C=O) groups excluding carboxylic acids is 2. The van der Waals surface area contributed by atoms with Gasteiger partial charge in [-0.1, -0.05) is 44.2 Å². The topological polar surface area (TPSA) is 63.6 Å². The number of rotatable bonds is 5. The van der Waals surface area contributed by atoms with Crippen LogP contribution in [-0.2, 0) is 9.53 Å². The van der Waals surface area contributed by atoms with Gasteiger partial charge in [0.1, 0.15) is 0 Å². The number of hydrogen-bond donors (Lipinski definition) is 1. The molecule has 18 heavy (non-hydrogen) atoms. The average Bonchev–Trinajstić information content (AvgIpc) is 2.38. The van der Waals surface area contributed by atoms with Gasteiger partial charge in [0.15, 0.2) is 11.4 Å². The van der Waals surface area contributed by atoms with E-state index in [0.29, 0.717) is 5.56 Å². The molecule has 0 radical (unpaired) electrons. The van der Waals surface area contributed by atoms with E-state index in [0.717, 1.165) is 0 Å². The highest BCUT2D eigenvalue weighted by molar-refractivity contribution is 5.99. The Kier molecular flexibility index (Phi) is 4.62. The molecule has 0 aliphatic carbocycles. The molecular weight excluding hydrogens is 232 g/mol. The molecule has 1 N–H and O–H groups in total. The van der Waals surface area contributed by atoms with Crippen LogP contribution in [0.5, 0.6) is 0 Å². The normalized spacial score (nSPS) is 14.1. The molecule has 0 saturated heterocycles. The Bertz CT molecular complexity index is 425. The Morgan fingerprint density at radius 3 is 2.28 bits per heavy atom. The van der Waals surface area contributed by atoms with Gasteiger partial charge in [-0.25, -0.2) is 4.79 Å². The van der Waals surface area contributed by atoms with Gasteiger partial charge in [0.05, 0.1) is 13.5 Å². The molecule has 0 unspecified atom stereocenters. The molecule has 4 heteroatoms. The van der Waals surface area contributed by atoms with Gasteiger partial charge in [0, 0.05) is 5.56 Å². The van der Waals surface area contributed by atoms with Crippen molar-refractivity contribution in [2.24, 2.45) is 5.92 Å². The molecule has 0 aliphatic rings. The number of carbonyl (C=O) groups is 2. The quantitative estimate of drug-likeness (QED) is 0.639. The maximum Gasteiger partial charge on any atom is 0.338 e. The van der Waals surface area contributed by atoms with Crippen molar-refractivity contribution in [1.82, 2.24) is 0 Å². The second kappa shape index (κ2) is 5.78. The molecule has 1 aromatic carbocycles. The van der Waals surface area contributed by atoms with Crippen molar-refractivity contribution in [3.8, 4) is 0 Å². The molecule has 0 aliphatic heterocycles. The van der Waals surface area contributed by atoms with E-state index in [1.54, 1.807) is 44.2 Å². The van der Waals surface area contributed by atoms with E-state index in [2.05, 4.69) is 4.74 Å². The van der Waals surface area contributed by atoms with Crippen molar-refractivity contribution < 1.29 is 19.4 Å². The van der Waals surface area contributed by atoms with Crippen LogP contribution in [0.3, 0.4) is 0 Å². The van der Waals surface area contributed by atoms with E-state index in [-0.39, 0.29) is 12.2 Å². The lowest BCUT2D eigenvalue weighted by molar-refractivity contribution is -0.167. The zero-order valence-corrected chi connectivity index (χ0v) is 10.8. The van der Waals surface area contributed by atoms with Gasteiger partial charge >= 0.3 is 5.97 Å². The molecule has 0 saturated carbocycles. The summed E-state index contributed by atoms with van der Waals surface area (Å²) in [4.78, 5) is 23.6. The fraction of sp³-hybridized carbons (Fsp3) is 0.429. The summed E-state index contributed by atoms with van der Waals surface area (Å²) >= 11 is 0. The van der Waals surface area contributed by atoms with E-state index in [1.165, 1.54) is 7.11 Å². The zero-order chi connectivity index (χ0) is 13.8. The maximum atomic E-state index is 12.0. The van der Waals surface area contributed by atoms with Gasteiger partial charge in [0.2, 0.25) is 0 Å². The molecule has 0 spiro atoms. The van der Waals surface area contributed by atoms with Crippen LogP contribution in [0.2, 0.25) is 0 Å². The molecular formula is C14H18O4. The van der Waals surface area contributed by atoms with E-state index in [9.17, 15) is 14.7 Å². The lowest BCUT2D eigenvalue weighted by Crippen LogP contribution is -2.46. The van der Waals surface area contributed by atoms with Gasteiger partial charge in [-0.05, 0) is 5.92 Å². The Labute approximate surface area is 107 Å². The molecule has 0 amide bonds. The Morgan fingerprint density at radius 2 is 1.83 bits per heavy atom.